The zero-order valence-corrected chi connectivity index (χ0v) is 21.9. The number of benzene rings is 2. The number of carbonyl (C=O) groups excluding carboxylic acids is 1. The monoisotopic (exact) mass is 578 g/mol. The zero-order valence-electron chi connectivity index (χ0n) is 21.9. The lowest BCUT2D eigenvalue weighted by molar-refractivity contribution is -0.143. The van der Waals surface area contributed by atoms with Gasteiger partial charge in [0.2, 0.25) is 5.91 Å². The second-order valence-electron chi connectivity index (χ2n) is 10.4. The maximum atomic E-state index is 13.8. The number of alkyl halides is 6. The lowest BCUT2D eigenvalue weighted by Gasteiger charge is -2.33. The fourth-order valence-electron chi connectivity index (χ4n) is 5.64. The Kier molecular flexibility index (Phi) is 7.44. The maximum Gasteiger partial charge on any atom is 0.416 e. The molecule has 216 valence electrons. The highest BCUT2D eigenvalue weighted by Gasteiger charge is 2.48. The number of amides is 1. The fourth-order valence-corrected chi connectivity index (χ4v) is 5.64. The Balaban J connectivity index is 1.50. The number of halogens is 7. The Hall–Kier alpha value is -3.73. The molecule has 0 bridgehead atoms. The normalized spacial score (nSPS) is 22.0. The first-order valence-electron chi connectivity index (χ1n) is 12.8. The summed E-state index contributed by atoms with van der Waals surface area (Å²) in [6.07, 6.45) is -8.42. The van der Waals surface area contributed by atoms with Gasteiger partial charge in [0.25, 0.3) is 0 Å². The largest absolute Gasteiger partial charge is 0.416 e. The summed E-state index contributed by atoms with van der Waals surface area (Å²) in [6.45, 7) is 3.25. The van der Waals surface area contributed by atoms with Gasteiger partial charge in [0.15, 0.2) is 0 Å². The van der Waals surface area contributed by atoms with Crippen LogP contribution in [0.15, 0.2) is 66.9 Å². The van der Waals surface area contributed by atoms with E-state index in [0.717, 1.165) is 16.8 Å². The van der Waals surface area contributed by atoms with Crippen molar-refractivity contribution in [2.75, 3.05) is 6.54 Å². The van der Waals surface area contributed by atoms with E-state index in [2.05, 4.69) is 4.98 Å². The molecule has 1 amide bonds. The van der Waals surface area contributed by atoms with E-state index in [-0.39, 0.29) is 24.1 Å². The first-order valence-corrected chi connectivity index (χ1v) is 12.8. The number of carbonyl (C=O) groups is 1. The van der Waals surface area contributed by atoms with Gasteiger partial charge in [-0.2, -0.15) is 26.3 Å². The van der Waals surface area contributed by atoms with Gasteiger partial charge in [-0.15, -0.1) is 0 Å². The summed E-state index contributed by atoms with van der Waals surface area (Å²) >= 11 is 0. The standard InChI is InChI=1S/C30H25F7N2O2/c1-16-9-19(7-8-38-16)21-12-25-28(18-3-5-24(31)6-4-18)26(15-39(25)27(40)13-21)41-17(2)20-10-22(29(32,33)34)14-23(11-20)30(35,36)37/h3-11,13-14,17,25-26,28H,12,15H2,1-2H3/t17-,25?,26+,28?/m1/s1. The van der Waals surface area contributed by atoms with Crippen molar-refractivity contribution >= 4 is 11.5 Å². The van der Waals surface area contributed by atoms with Crippen LogP contribution >= 0.6 is 0 Å². The van der Waals surface area contributed by atoms with Gasteiger partial charge >= 0.3 is 12.4 Å². The molecule has 2 unspecified atom stereocenters. The molecule has 2 aliphatic heterocycles. The third-order valence-electron chi connectivity index (χ3n) is 7.58. The molecule has 0 N–H and O–H groups in total. The number of rotatable bonds is 5. The van der Waals surface area contributed by atoms with Crippen molar-refractivity contribution in [3.63, 3.8) is 0 Å². The van der Waals surface area contributed by atoms with Gasteiger partial charge in [-0.3, -0.25) is 9.78 Å². The summed E-state index contributed by atoms with van der Waals surface area (Å²) < 4.78 is 101. The first kappa shape index (κ1) is 28.8. The van der Waals surface area contributed by atoms with Crippen LogP contribution in [0.3, 0.4) is 0 Å². The van der Waals surface area contributed by atoms with Crippen LogP contribution in [-0.4, -0.2) is 34.5 Å². The van der Waals surface area contributed by atoms with Crippen molar-refractivity contribution in [3.8, 4) is 0 Å². The second kappa shape index (κ2) is 10.6. The Morgan fingerprint density at radius 1 is 0.951 bits per heavy atom. The van der Waals surface area contributed by atoms with Gasteiger partial charge in [0.05, 0.1) is 23.3 Å². The predicted octanol–water partition coefficient (Wildman–Crippen LogP) is 7.49. The molecule has 2 aliphatic rings. The van der Waals surface area contributed by atoms with E-state index in [0.29, 0.717) is 24.1 Å². The molecule has 3 heterocycles. The van der Waals surface area contributed by atoms with Crippen LogP contribution in [0.25, 0.3) is 5.57 Å². The van der Waals surface area contributed by atoms with Crippen LogP contribution in [0.4, 0.5) is 30.7 Å². The van der Waals surface area contributed by atoms with Crippen LogP contribution in [-0.2, 0) is 21.9 Å². The van der Waals surface area contributed by atoms with Crippen molar-refractivity contribution in [1.82, 2.24) is 9.88 Å². The van der Waals surface area contributed by atoms with Gasteiger partial charge in [-0.1, -0.05) is 12.1 Å². The van der Waals surface area contributed by atoms with Crippen LogP contribution in [0, 0.1) is 12.7 Å². The molecule has 1 aromatic heterocycles. The molecule has 2 aromatic carbocycles. The number of fused-ring (bicyclic) bond motifs is 1. The summed E-state index contributed by atoms with van der Waals surface area (Å²) in [5.41, 5.74) is -0.209. The number of hydrogen-bond acceptors (Lipinski definition) is 3. The molecular weight excluding hydrogens is 553 g/mol. The van der Waals surface area contributed by atoms with Crippen molar-refractivity contribution in [1.29, 1.82) is 0 Å². The highest BCUT2D eigenvalue weighted by Crippen LogP contribution is 2.45. The Labute approximate surface area is 231 Å². The Bertz CT molecular complexity index is 1450. The summed E-state index contributed by atoms with van der Waals surface area (Å²) in [4.78, 5) is 19.0. The molecule has 1 fully saturated rings. The fraction of sp³-hybridized carbons (Fsp3) is 0.333. The molecule has 11 heteroatoms. The molecule has 0 radical (unpaired) electrons. The Morgan fingerprint density at radius 3 is 2.17 bits per heavy atom. The van der Waals surface area contributed by atoms with E-state index in [1.54, 1.807) is 29.3 Å². The molecule has 1 saturated heterocycles. The molecule has 4 nitrogen and oxygen atoms in total. The topological polar surface area (TPSA) is 42.4 Å². The number of pyridine rings is 1. The minimum Gasteiger partial charge on any atom is -0.368 e. The molecular formula is C30H25F7N2O2. The zero-order chi connectivity index (χ0) is 29.7. The number of aromatic nitrogens is 1. The average Bonchev–Trinajstić information content (AvgIpc) is 3.26. The third-order valence-corrected chi connectivity index (χ3v) is 7.58. The number of nitrogens with zero attached hydrogens (tertiary/aromatic N) is 2. The van der Waals surface area contributed by atoms with Crippen LogP contribution in [0.1, 0.15) is 58.9 Å². The summed E-state index contributed by atoms with van der Waals surface area (Å²) in [7, 11) is 0. The molecule has 41 heavy (non-hydrogen) atoms. The van der Waals surface area contributed by atoms with Crippen molar-refractivity contribution < 1.29 is 40.3 Å². The second-order valence-corrected chi connectivity index (χ2v) is 10.4. The van der Waals surface area contributed by atoms with E-state index < -0.39 is 53.5 Å². The quantitative estimate of drug-likeness (QED) is 0.295. The third kappa shape index (κ3) is 6.00. The molecule has 0 spiro atoms. The molecule has 3 aromatic rings. The van der Waals surface area contributed by atoms with Crippen LogP contribution in [0.5, 0.6) is 0 Å². The van der Waals surface area contributed by atoms with E-state index >= 15 is 0 Å². The van der Waals surface area contributed by atoms with Crippen LogP contribution < -0.4 is 0 Å². The Morgan fingerprint density at radius 2 is 1.59 bits per heavy atom. The first-order chi connectivity index (χ1) is 19.2. The molecule has 0 aliphatic carbocycles. The average molecular weight is 579 g/mol. The summed E-state index contributed by atoms with van der Waals surface area (Å²) in [5.74, 6) is -1.30. The molecule has 5 rings (SSSR count). The van der Waals surface area contributed by atoms with Crippen LogP contribution in [0.2, 0.25) is 0 Å². The number of aryl methyl sites for hydroxylation is 1. The minimum absolute atomic E-state index is 0.0557. The molecule has 0 saturated carbocycles. The van der Waals surface area contributed by atoms with Gasteiger partial charge in [-0.05, 0) is 85.0 Å². The smallest absolute Gasteiger partial charge is 0.368 e. The maximum absolute atomic E-state index is 13.8. The lowest BCUT2D eigenvalue weighted by atomic mass is 9.83. The SMILES string of the molecule is Cc1cc(C2=CC(=O)N3C[C@H](O[C@H](C)c4cc(C(F)(F)F)cc(C(F)(F)F)c4)C(c4ccc(F)cc4)C3C2)ccn1. The van der Waals surface area contributed by atoms with Gasteiger partial charge in [0, 0.05) is 36.5 Å². The lowest BCUT2D eigenvalue weighted by Crippen LogP contribution is -2.39. The van der Waals surface area contributed by atoms with Gasteiger partial charge < -0.3 is 9.64 Å². The van der Waals surface area contributed by atoms with E-state index in [1.807, 2.05) is 13.0 Å². The summed E-state index contributed by atoms with van der Waals surface area (Å²) in [6, 6.07) is 10.2. The molecule has 4 atom stereocenters. The predicted molar refractivity (Wildman–Crippen MR) is 136 cm³/mol. The van der Waals surface area contributed by atoms with Gasteiger partial charge in [0.1, 0.15) is 5.82 Å². The van der Waals surface area contributed by atoms with Crippen molar-refractivity contribution in [2.24, 2.45) is 0 Å². The highest BCUT2D eigenvalue weighted by atomic mass is 19.4. The van der Waals surface area contributed by atoms with E-state index in [4.69, 9.17) is 4.74 Å². The minimum atomic E-state index is -5.00. The number of ether oxygens (including phenoxy) is 1. The van der Waals surface area contributed by atoms with Crippen molar-refractivity contribution in [3.05, 3.63) is 106 Å². The number of hydrogen-bond donors (Lipinski definition) is 0. The highest BCUT2D eigenvalue weighted by molar-refractivity contribution is 5.98. The van der Waals surface area contributed by atoms with E-state index in [1.165, 1.54) is 25.1 Å². The summed E-state index contributed by atoms with van der Waals surface area (Å²) in [5, 5.41) is 0. The van der Waals surface area contributed by atoms with Gasteiger partial charge in [-0.25, -0.2) is 4.39 Å². The van der Waals surface area contributed by atoms with Crippen molar-refractivity contribution in [2.45, 2.75) is 56.8 Å². The van der Waals surface area contributed by atoms with E-state index in [9.17, 15) is 35.5 Å².